The van der Waals surface area contributed by atoms with Gasteiger partial charge in [0.15, 0.2) is 0 Å². The lowest BCUT2D eigenvalue weighted by atomic mass is 10.0. The van der Waals surface area contributed by atoms with Crippen LogP contribution in [0.25, 0.3) is 0 Å². The minimum absolute atomic E-state index is 0.285. The van der Waals surface area contributed by atoms with E-state index >= 15 is 0 Å². The third kappa shape index (κ3) is 3.18. The van der Waals surface area contributed by atoms with Gasteiger partial charge >= 0.3 is 0 Å². The van der Waals surface area contributed by atoms with Crippen LogP contribution in [-0.4, -0.2) is 43.0 Å². The Morgan fingerprint density at radius 3 is 2.47 bits per heavy atom. The lowest BCUT2D eigenvalue weighted by Crippen LogP contribution is -2.46. The average Bonchev–Trinajstić information content (AvgIpc) is 3.04. The second-order valence-corrected chi connectivity index (χ2v) is 4.69. The summed E-state index contributed by atoms with van der Waals surface area (Å²) in [5, 5.41) is 3.15. The topological polar surface area (TPSA) is 58.4 Å². The molecular formula is C11H21N3O. The van der Waals surface area contributed by atoms with Gasteiger partial charge < -0.3 is 16.0 Å². The van der Waals surface area contributed by atoms with E-state index in [9.17, 15) is 4.79 Å². The molecule has 0 spiro atoms. The van der Waals surface area contributed by atoms with Crippen molar-refractivity contribution >= 4 is 5.91 Å². The van der Waals surface area contributed by atoms with Gasteiger partial charge in [0.25, 0.3) is 0 Å². The smallest absolute Gasteiger partial charge is 0.223 e. The maximum Gasteiger partial charge on any atom is 0.223 e. The zero-order valence-electron chi connectivity index (χ0n) is 9.24. The zero-order chi connectivity index (χ0) is 10.7. The van der Waals surface area contributed by atoms with Crippen molar-refractivity contribution in [3.05, 3.63) is 0 Å². The molecule has 0 aromatic rings. The normalized spacial score (nSPS) is 24.1. The van der Waals surface area contributed by atoms with Crippen molar-refractivity contribution in [3.63, 3.8) is 0 Å². The fraction of sp³-hybridized carbons (Fsp3) is 0.909. The molecule has 4 heteroatoms. The van der Waals surface area contributed by atoms with Crippen LogP contribution in [0.3, 0.4) is 0 Å². The average molecular weight is 211 g/mol. The molecule has 86 valence electrons. The van der Waals surface area contributed by atoms with E-state index in [0.717, 1.165) is 51.9 Å². The van der Waals surface area contributed by atoms with Crippen molar-refractivity contribution in [1.29, 1.82) is 0 Å². The molecule has 15 heavy (non-hydrogen) atoms. The first kappa shape index (κ1) is 10.9. The molecule has 4 nitrogen and oxygen atoms in total. The Balaban J connectivity index is 1.66. The molecule has 0 radical (unpaired) electrons. The number of likely N-dealkylation sites (tertiary alicyclic amines) is 1. The van der Waals surface area contributed by atoms with Crippen molar-refractivity contribution in [3.8, 4) is 0 Å². The Kier molecular flexibility index (Phi) is 3.59. The van der Waals surface area contributed by atoms with E-state index in [1.165, 1.54) is 0 Å². The summed E-state index contributed by atoms with van der Waals surface area (Å²) in [7, 11) is 0. The van der Waals surface area contributed by atoms with Crippen LogP contribution in [0, 0.1) is 5.92 Å². The van der Waals surface area contributed by atoms with E-state index in [4.69, 9.17) is 5.73 Å². The quantitative estimate of drug-likeness (QED) is 0.684. The molecule has 0 atom stereocenters. The fourth-order valence-electron chi connectivity index (χ4n) is 2.15. The zero-order valence-corrected chi connectivity index (χ0v) is 9.24. The Bertz CT molecular complexity index is 220. The summed E-state index contributed by atoms with van der Waals surface area (Å²) in [5.41, 5.74) is 5.51. The van der Waals surface area contributed by atoms with E-state index < -0.39 is 0 Å². The molecule has 1 heterocycles. The molecule has 0 bridgehead atoms. The van der Waals surface area contributed by atoms with Crippen molar-refractivity contribution in [1.82, 2.24) is 10.2 Å². The van der Waals surface area contributed by atoms with Crippen LogP contribution in [0.15, 0.2) is 0 Å². The summed E-state index contributed by atoms with van der Waals surface area (Å²) in [6, 6.07) is 0.409. The predicted molar refractivity (Wildman–Crippen MR) is 59.4 cm³/mol. The van der Waals surface area contributed by atoms with Gasteiger partial charge in [-0.05, 0) is 25.7 Å². The van der Waals surface area contributed by atoms with E-state index in [1.54, 1.807) is 0 Å². The highest BCUT2D eigenvalue weighted by Gasteiger charge is 2.31. The first-order chi connectivity index (χ1) is 7.29. The third-order valence-electron chi connectivity index (χ3n) is 3.33. The number of rotatable bonds is 4. The van der Waals surface area contributed by atoms with Crippen molar-refractivity contribution < 1.29 is 4.79 Å². The monoisotopic (exact) mass is 211 g/mol. The summed E-state index contributed by atoms with van der Waals surface area (Å²) >= 11 is 0. The van der Waals surface area contributed by atoms with E-state index in [2.05, 4.69) is 10.2 Å². The number of carbonyl (C=O) groups is 1. The van der Waals surface area contributed by atoms with Crippen LogP contribution in [0.1, 0.15) is 25.7 Å². The highest BCUT2D eigenvalue weighted by Crippen LogP contribution is 2.29. The summed E-state index contributed by atoms with van der Waals surface area (Å²) in [6.07, 6.45) is 4.35. The van der Waals surface area contributed by atoms with Gasteiger partial charge in [-0.1, -0.05) is 0 Å². The number of hydrogen-bond donors (Lipinski definition) is 2. The highest BCUT2D eigenvalue weighted by atomic mass is 16.2. The minimum Gasteiger partial charge on any atom is -0.353 e. The first-order valence-corrected chi connectivity index (χ1v) is 6.02. The van der Waals surface area contributed by atoms with Crippen LogP contribution >= 0.6 is 0 Å². The Hall–Kier alpha value is -0.610. The molecule has 0 unspecified atom stereocenters. The SMILES string of the molecule is NCCN1CCC(NC(=O)C2CC2)CC1. The number of nitrogens with zero attached hydrogens (tertiary/aromatic N) is 1. The van der Waals surface area contributed by atoms with Crippen molar-refractivity contribution in [2.75, 3.05) is 26.2 Å². The van der Waals surface area contributed by atoms with Gasteiger partial charge in [-0.15, -0.1) is 0 Å². The Morgan fingerprint density at radius 2 is 1.93 bits per heavy atom. The molecule has 1 aliphatic heterocycles. The second kappa shape index (κ2) is 4.94. The van der Waals surface area contributed by atoms with Crippen molar-refractivity contribution in [2.45, 2.75) is 31.7 Å². The van der Waals surface area contributed by atoms with Crippen LogP contribution in [0.5, 0.6) is 0 Å². The molecular weight excluding hydrogens is 190 g/mol. The summed E-state index contributed by atoms with van der Waals surface area (Å²) in [6.45, 7) is 3.88. The molecule has 0 aromatic carbocycles. The number of carbonyl (C=O) groups excluding carboxylic acids is 1. The maximum absolute atomic E-state index is 11.5. The van der Waals surface area contributed by atoms with Crippen LogP contribution in [0.2, 0.25) is 0 Å². The van der Waals surface area contributed by atoms with E-state index in [1.807, 2.05) is 0 Å². The lowest BCUT2D eigenvalue weighted by Gasteiger charge is -2.32. The fourth-order valence-corrected chi connectivity index (χ4v) is 2.15. The van der Waals surface area contributed by atoms with Gasteiger partial charge in [-0.25, -0.2) is 0 Å². The van der Waals surface area contributed by atoms with E-state index in [0.29, 0.717) is 12.0 Å². The Labute approximate surface area is 91.2 Å². The van der Waals surface area contributed by atoms with Crippen LogP contribution in [-0.2, 0) is 4.79 Å². The molecule has 0 aromatic heterocycles. The molecule has 3 N–H and O–H groups in total. The van der Waals surface area contributed by atoms with Gasteiger partial charge in [0.2, 0.25) is 5.91 Å². The summed E-state index contributed by atoms with van der Waals surface area (Å²) in [5.74, 6) is 0.624. The van der Waals surface area contributed by atoms with Crippen LogP contribution in [0.4, 0.5) is 0 Å². The summed E-state index contributed by atoms with van der Waals surface area (Å²) in [4.78, 5) is 13.9. The molecule has 1 saturated carbocycles. The largest absolute Gasteiger partial charge is 0.353 e. The van der Waals surface area contributed by atoms with Gasteiger partial charge in [0.1, 0.15) is 0 Å². The number of hydrogen-bond acceptors (Lipinski definition) is 3. The molecule has 2 rings (SSSR count). The number of nitrogens with one attached hydrogen (secondary N) is 1. The first-order valence-electron chi connectivity index (χ1n) is 6.02. The molecule has 1 aliphatic carbocycles. The van der Waals surface area contributed by atoms with Gasteiger partial charge in [0.05, 0.1) is 0 Å². The predicted octanol–water partition coefficient (Wildman–Crippen LogP) is -0.0643. The second-order valence-electron chi connectivity index (χ2n) is 4.69. The summed E-state index contributed by atoms with van der Waals surface area (Å²) < 4.78 is 0. The standard InChI is InChI=1S/C11H21N3O/c12-5-8-14-6-3-10(4-7-14)13-11(15)9-1-2-9/h9-10H,1-8,12H2,(H,13,15). The Morgan fingerprint density at radius 1 is 1.27 bits per heavy atom. The number of nitrogens with two attached hydrogens (primary N) is 1. The number of piperidine rings is 1. The third-order valence-corrected chi connectivity index (χ3v) is 3.33. The number of amides is 1. The van der Waals surface area contributed by atoms with Crippen molar-refractivity contribution in [2.24, 2.45) is 11.7 Å². The van der Waals surface area contributed by atoms with Crippen LogP contribution < -0.4 is 11.1 Å². The lowest BCUT2D eigenvalue weighted by molar-refractivity contribution is -0.123. The molecule has 1 saturated heterocycles. The van der Waals surface area contributed by atoms with Gasteiger partial charge in [-0.2, -0.15) is 0 Å². The molecule has 1 amide bonds. The maximum atomic E-state index is 11.5. The minimum atomic E-state index is 0.285. The highest BCUT2D eigenvalue weighted by molar-refractivity contribution is 5.81. The van der Waals surface area contributed by atoms with E-state index in [-0.39, 0.29) is 5.91 Å². The van der Waals surface area contributed by atoms with Gasteiger partial charge in [-0.3, -0.25) is 4.79 Å². The molecule has 2 aliphatic rings. The molecule has 2 fully saturated rings. The van der Waals surface area contributed by atoms with Gasteiger partial charge in [0, 0.05) is 38.1 Å².